The molecule has 3 amide bonds. The van der Waals surface area contributed by atoms with Crippen LogP contribution in [0.1, 0.15) is 65.7 Å². The highest BCUT2D eigenvalue weighted by Gasteiger charge is 2.26. The number of hydrogen-bond donors (Lipinski definition) is 2. The third-order valence-electron chi connectivity index (χ3n) is 5.98. The molecule has 1 saturated carbocycles. The summed E-state index contributed by atoms with van der Waals surface area (Å²) in [6, 6.07) is 9.82. The van der Waals surface area contributed by atoms with Gasteiger partial charge in [0.05, 0.1) is 21.8 Å². The first-order valence-corrected chi connectivity index (χ1v) is 11.7. The van der Waals surface area contributed by atoms with Crippen molar-refractivity contribution in [2.75, 3.05) is 16.8 Å². The van der Waals surface area contributed by atoms with Gasteiger partial charge in [-0.1, -0.05) is 42.5 Å². The first-order chi connectivity index (χ1) is 15.4. The monoisotopic (exact) mass is 473 g/mol. The van der Waals surface area contributed by atoms with Crippen LogP contribution in [0.4, 0.5) is 11.4 Å². The Balaban J connectivity index is 1.53. The topological polar surface area (TPSA) is 78.5 Å². The van der Waals surface area contributed by atoms with Crippen molar-refractivity contribution in [1.82, 2.24) is 5.32 Å². The van der Waals surface area contributed by atoms with Gasteiger partial charge in [0.1, 0.15) is 0 Å². The second kappa shape index (κ2) is 9.92. The van der Waals surface area contributed by atoms with Crippen molar-refractivity contribution in [2.24, 2.45) is 0 Å². The van der Waals surface area contributed by atoms with Gasteiger partial charge in [0.25, 0.3) is 11.8 Å². The second-order valence-electron chi connectivity index (χ2n) is 8.27. The van der Waals surface area contributed by atoms with Crippen molar-refractivity contribution in [2.45, 2.75) is 51.0 Å². The zero-order valence-corrected chi connectivity index (χ0v) is 19.1. The fourth-order valence-corrected chi connectivity index (χ4v) is 4.68. The third kappa shape index (κ3) is 5.08. The lowest BCUT2D eigenvalue weighted by Gasteiger charge is -2.23. The van der Waals surface area contributed by atoms with Crippen LogP contribution < -0.4 is 15.5 Å². The van der Waals surface area contributed by atoms with Crippen LogP contribution in [0.2, 0.25) is 10.0 Å². The highest BCUT2D eigenvalue weighted by atomic mass is 35.5. The van der Waals surface area contributed by atoms with E-state index in [1.165, 1.54) is 6.42 Å². The Bertz CT molecular complexity index is 1050. The van der Waals surface area contributed by atoms with E-state index in [1.54, 1.807) is 41.3 Å². The second-order valence-corrected chi connectivity index (χ2v) is 9.11. The molecule has 0 aromatic heterocycles. The molecule has 1 saturated heterocycles. The van der Waals surface area contributed by atoms with Crippen molar-refractivity contribution in [1.29, 1.82) is 0 Å². The number of hydrogen-bond acceptors (Lipinski definition) is 3. The van der Waals surface area contributed by atoms with E-state index >= 15 is 0 Å². The number of halogens is 2. The van der Waals surface area contributed by atoms with Crippen molar-refractivity contribution in [3.05, 3.63) is 57.6 Å². The van der Waals surface area contributed by atoms with Crippen LogP contribution in [0.5, 0.6) is 0 Å². The molecule has 0 radical (unpaired) electrons. The Morgan fingerprint density at radius 3 is 2.41 bits per heavy atom. The van der Waals surface area contributed by atoms with Gasteiger partial charge in [-0.05, 0) is 55.7 Å². The average Bonchev–Trinajstić information content (AvgIpc) is 3.21. The van der Waals surface area contributed by atoms with Crippen molar-refractivity contribution in [3.8, 4) is 0 Å². The number of rotatable bonds is 5. The van der Waals surface area contributed by atoms with E-state index in [0.717, 1.165) is 32.1 Å². The van der Waals surface area contributed by atoms with E-state index in [2.05, 4.69) is 10.6 Å². The Morgan fingerprint density at radius 2 is 1.69 bits per heavy atom. The molecule has 2 aromatic rings. The van der Waals surface area contributed by atoms with Gasteiger partial charge in [0.15, 0.2) is 0 Å². The summed E-state index contributed by atoms with van der Waals surface area (Å²) in [6.45, 7) is 0.548. The van der Waals surface area contributed by atoms with Gasteiger partial charge in [0, 0.05) is 29.7 Å². The number of amides is 3. The lowest BCUT2D eigenvalue weighted by Crippen LogP contribution is -2.36. The summed E-state index contributed by atoms with van der Waals surface area (Å²) in [6.07, 6.45) is 6.54. The van der Waals surface area contributed by atoms with Crippen LogP contribution in [-0.4, -0.2) is 30.3 Å². The number of anilines is 2. The number of nitrogens with one attached hydrogen (secondary N) is 2. The fraction of sp³-hybridized carbons (Fsp3) is 0.375. The molecule has 2 fully saturated rings. The first-order valence-electron chi connectivity index (χ1n) is 10.9. The van der Waals surface area contributed by atoms with Crippen LogP contribution in [0.15, 0.2) is 36.4 Å². The largest absolute Gasteiger partial charge is 0.349 e. The van der Waals surface area contributed by atoms with Gasteiger partial charge in [-0.25, -0.2) is 0 Å². The molecule has 0 unspecified atom stereocenters. The molecular formula is C24H25Cl2N3O3. The molecule has 0 spiro atoms. The Hall–Kier alpha value is -2.57. The molecule has 1 heterocycles. The molecule has 4 rings (SSSR count). The summed E-state index contributed by atoms with van der Waals surface area (Å²) in [7, 11) is 0. The SMILES string of the molecule is O=C(NC1CCCCC1)c1cc(NC(=O)c2ccc(Cl)cc2N2CCCC2=O)ccc1Cl. The van der Waals surface area contributed by atoms with Gasteiger partial charge in [-0.3, -0.25) is 14.4 Å². The molecular weight excluding hydrogens is 449 g/mol. The van der Waals surface area contributed by atoms with Crippen LogP contribution in [-0.2, 0) is 4.79 Å². The molecule has 1 aliphatic heterocycles. The number of carbonyl (C=O) groups is 3. The Labute approximate surface area is 197 Å². The first kappa shape index (κ1) is 22.6. The molecule has 2 N–H and O–H groups in total. The smallest absolute Gasteiger partial charge is 0.257 e. The lowest BCUT2D eigenvalue weighted by atomic mass is 9.95. The fourth-order valence-electron chi connectivity index (χ4n) is 4.31. The summed E-state index contributed by atoms with van der Waals surface area (Å²) in [5, 5.41) is 6.65. The summed E-state index contributed by atoms with van der Waals surface area (Å²) in [5.74, 6) is -0.667. The Morgan fingerprint density at radius 1 is 0.906 bits per heavy atom. The zero-order chi connectivity index (χ0) is 22.7. The van der Waals surface area contributed by atoms with Crippen LogP contribution in [0, 0.1) is 0 Å². The van der Waals surface area contributed by atoms with Crippen molar-refractivity contribution >= 4 is 52.3 Å². The van der Waals surface area contributed by atoms with Crippen LogP contribution >= 0.6 is 23.2 Å². The molecule has 0 bridgehead atoms. The molecule has 0 atom stereocenters. The van der Waals surface area contributed by atoms with E-state index < -0.39 is 5.91 Å². The molecule has 168 valence electrons. The van der Waals surface area contributed by atoms with Gasteiger partial charge >= 0.3 is 0 Å². The van der Waals surface area contributed by atoms with E-state index in [1.807, 2.05) is 0 Å². The maximum atomic E-state index is 13.1. The number of carbonyl (C=O) groups excluding carboxylic acids is 3. The highest BCUT2D eigenvalue weighted by molar-refractivity contribution is 6.34. The standard InChI is InChI=1S/C24H25Cl2N3O3/c25-15-8-10-18(21(13-15)29-12-4-7-22(29)30)23(31)28-17-9-11-20(26)19(14-17)24(32)27-16-5-2-1-3-6-16/h8-11,13-14,16H,1-7,12H2,(H,27,32)(H,28,31). The van der Waals surface area contributed by atoms with E-state index in [0.29, 0.717) is 45.5 Å². The molecule has 6 nitrogen and oxygen atoms in total. The minimum atomic E-state index is -0.391. The third-order valence-corrected chi connectivity index (χ3v) is 6.54. The maximum absolute atomic E-state index is 13.1. The van der Waals surface area contributed by atoms with Crippen molar-refractivity contribution in [3.63, 3.8) is 0 Å². The average molecular weight is 474 g/mol. The summed E-state index contributed by atoms with van der Waals surface area (Å²) >= 11 is 12.4. The number of nitrogens with zero attached hydrogens (tertiary/aromatic N) is 1. The zero-order valence-electron chi connectivity index (χ0n) is 17.6. The highest BCUT2D eigenvalue weighted by Crippen LogP contribution is 2.30. The van der Waals surface area contributed by atoms with E-state index in [4.69, 9.17) is 23.2 Å². The molecule has 1 aliphatic carbocycles. The predicted octanol–water partition coefficient (Wildman–Crippen LogP) is 5.44. The molecule has 2 aliphatic rings. The summed E-state index contributed by atoms with van der Waals surface area (Å²) in [5.41, 5.74) is 1.59. The van der Waals surface area contributed by atoms with Gasteiger partial charge in [-0.15, -0.1) is 0 Å². The maximum Gasteiger partial charge on any atom is 0.257 e. The minimum absolute atomic E-state index is 0.0329. The van der Waals surface area contributed by atoms with Gasteiger partial charge < -0.3 is 15.5 Å². The van der Waals surface area contributed by atoms with E-state index in [-0.39, 0.29) is 17.9 Å². The lowest BCUT2D eigenvalue weighted by molar-refractivity contribution is -0.117. The molecule has 32 heavy (non-hydrogen) atoms. The normalized spacial score (nSPS) is 16.8. The summed E-state index contributed by atoms with van der Waals surface area (Å²) < 4.78 is 0. The predicted molar refractivity (Wildman–Crippen MR) is 127 cm³/mol. The quantitative estimate of drug-likeness (QED) is 0.606. The van der Waals surface area contributed by atoms with Crippen molar-refractivity contribution < 1.29 is 14.4 Å². The van der Waals surface area contributed by atoms with Gasteiger partial charge in [0.2, 0.25) is 5.91 Å². The Kier molecular flexibility index (Phi) is 7.01. The van der Waals surface area contributed by atoms with Crippen LogP contribution in [0.3, 0.4) is 0 Å². The molecule has 2 aromatic carbocycles. The van der Waals surface area contributed by atoms with Crippen LogP contribution in [0.25, 0.3) is 0 Å². The molecule has 8 heteroatoms. The minimum Gasteiger partial charge on any atom is -0.349 e. The number of benzene rings is 2. The van der Waals surface area contributed by atoms with E-state index in [9.17, 15) is 14.4 Å². The summed E-state index contributed by atoms with van der Waals surface area (Å²) in [4.78, 5) is 39.7. The van der Waals surface area contributed by atoms with Gasteiger partial charge in [-0.2, -0.15) is 0 Å².